The summed E-state index contributed by atoms with van der Waals surface area (Å²) in [7, 11) is 0. The highest BCUT2D eigenvalue weighted by Gasteiger charge is 2.32. The Hall–Kier alpha value is -2.21. The van der Waals surface area contributed by atoms with E-state index >= 15 is 0 Å². The summed E-state index contributed by atoms with van der Waals surface area (Å²) in [6, 6.07) is 9.78. The highest BCUT2D eigenvalue weighted by molar-refractivity contribution is 5.97. The van der Waals surface area contributed by atoms with Crippen LogP contribution in [0.5, 0.6) is 0 Å². The fourth-order valence-electron chi connectivity index (χ4n) is 3.92. The summed E-state index contributed by atoms with van der Waals surface area (Å²) in [6.45, 7) is 3.86. The molecule has 25 heavy (non-hydrogen) atoms. The molecule has 2 aromatic rings. The molecule has 1 aromatic carbocycles. The number of fused-ring (bicyclic) bond motifs is 1. The first-order valence-electron chi connectivity index (χ1n) is 9.28. The van der Waals surface area contributed by atoms with E-state index in [-0.39, 0.29) is 18.0 Å². The zero-order valence-corrected chi connectivity index (χ0v) is 14.7. The molecule has 2 aliphatic heterocycles. The summed E-state index contributed by atoms with van der Waals surface area (Å²) in [5.74, 6) is 2.19. The van der Waals surface area contributed by atoms with E-state index in [9.17, 15) is 4.79 Å². The van der Waals surface area contributed by atoms with Gasteiger partial charge in [0.05, 0.1) is 12.1 Å². The first kappa shape index (κ1) is 16.3. The van der Waals surface area contributed by atoms with Gasteiger partial charge in [0.1, 0.15) is 11.6 Å². The van der Waals surface area contributed by atoms with Gasteiger partial charge in [0.2, 0.25) is 5.91 Å². The van der Waals surface area contributed by atoms with E-state index < -0.39 is 0 Å². The lowest BCUT2D eigenvalue weighted by Crippen LogP contribution is -2.51. The van der Waals surface area contributed by atoms with Crippen LogP contribution in [-0.2, 0) is 17.8 Å². The van der Waals surface area contributed by atoms with E-state index in [0.717, 1.165) is 49.7 Å². The van der Waals surface area contributed by atoms with E-state index in [2.05, 4.69) is 27.0 Å². The number of hydrogen-bond donors (Lipinski definition) is 1. The quantitative estimate of drug-likeness (QED) is 0.929. The van der Waals surface area contributed by atoms with Gasteiger partial charge in [0.15, 0.2) is 0 Å². The van der Waals surface area contributed by atoms with Crippen molar-refractivity contribution in [1.82, 2.24) is 20.1 Å². The summed E-state index contributed by atoms with van der Waals surface area (Å²) in [6.07, 6.45) is 5.24. The molecular formula is C19H25N5O. The number of anilines is 1. The summed E-state index contributed by atoms with van der Waals surface area (Å²) in [5.41, 5.74) is 0.978. The molecule has 0 radical (unpaired) electrons. The molecule has 6 heteroatoms. The molecule has 3 heterocycles. The van der Waals surface area contributed by atoms with E-state index in [0.29, 0.717) is 0 Å². The van der Waals surface area contributed by atoms with Crippen molar-refractivity contribution in [2.24, 2.45) is 0 Å². The monoisotopic (exact) mass is 339 g/mol. The SMILES string of the molecule is C[C@@H](N[C@@H]1CCCN(c2ccccc2)C1=O)c1nnc2n1CCCC2. The van der Waals surface area contributed by atoms with Crippen LogP contribution in [0, 0.1) is 0 Å². The zero-order valence-electron chi connectivity index (χ0n) is 14.7. The predicted octanol–water partition coefficient (Wildman–Crippen LogP) is 2.46. The van der Waals surface area contributed by atoms with Crippen LogP contribution in [0.2, 0.25) is 0 Å². The summed E-state index contributed by atoms with van der Waals surface area (Å²) in [4.78, 5) is 14.8. The molecule has 1 saturated heterocycles. The van der Waals surface area contributed by atoms with Crippen molar-refractivity contribution in [2.75, 3.05) is 11.4 Å². The summed E-state index contributed by atoms with van der Waals surface area (Å²) in [5, 5.41) is 12.2. The van der Waals surface area contributed by atoms with Crippen LogP contribution in [0.3, 0.4) is 0 Å². The Labute approximate surface area is 148 Å². The third-order valence-electron chi connectivity index (χ3n) is 5.23. The smallest absolute Gasteiger partial charge is 0.244 e. The first-order chi connectivity index (χ1) is 12.2. The minimum Gasteiger partial charge on any atom is -0.314 e. The predicted molar refractivity (Wildman–Crippen MR) is 96.3 cm³/mol. The van der Waals surface area contributed by atoms with Gasteiger partial charge in [-0.3, -0.25) is 10.1 Å². The second-order valence-electron chi connectivity index (χ2n) is 6.99. The number of para-hydroxylation sites is 1. The third-order valence-corrected chi connectivity index (χ3v) is 5.23. The minimum atomic E-state index is -0.166. The summed E-state index contributed by atoms with van der Waals surface area (Å²) < 4.78 is 2.23. The molecule has 1 N–H and O–H groups in total. The number of piperidine rings is 1. The molecule has 4 rings (SSSR count). The number of carbonyl (C=O) groups is 1. The lowest BCUT2D eigenvalue weighted by molar-refractivity contribution is -0.122. The van der Waals surface area contributed by atoms with E-state index in [1.807, 2.05) is 35.2 Å². The normalized spacial score (nSPS) is 21.9. The third kappa shape index (κ3) is 3.18. The average Bonchev–Trinajstić information content (AvgIpc) is 3.08. The molecule has 0 bridgehead atoms. The van der Waals surface area contributed by atoms with Crippen LogP contribution in [-0.4, -0.2) is 33.3 Å². The fourth-order valence-corrected chi connectivity index (χ4v) is 3.92. The molecule has 0 aliphatic carbocycles. The maximum atomic E-state index is 12.9. The molecule has 2 aliphatic rings. The Morgan fingerprint density at radius 1 is 1.12 bits per heavy atom. The lowest BCUT2D eigenvalue weighted by atomic mass is 10.0. The number of aryl methyl sites for hydroxylation is 1. The topological polar surface area (TPSA) is 63.1 Å². The standard InChI is InChI=1S/C19H25N5O/c1-14(18-22-21-17-11-5-6-12-24(17)18)20-16-10-7-13-23(19(16)25)15-8-3-2-4-9-15/h2-4,8-9,14,16,20H,5-7,10-13H2,1H3/t14-,16-/m1/s1. The second kappa shape index (κ2) is 6.96. The molecule has 0 saturated carbocycles. The van der Waals surface area contributed by atoms with Gasteiger partial charge in [-0.1, -0.05) is 18.2 Å². The van der Waals surface area contributed by atoms with Crippen molar-refractivity contribution in [2.45, 2.75) is 57.7 Å². The van der Waals surface area contributed by atoms with Crippen LogP contribution < -0.4 is 10.2 Å². The molecular weight excluding hydrogens is 314 g/mol. The highest BCUT2D eigenvalue weighted by Crippen LogP contribution is 2.24. The molecule has 0 unspecified atom stereocenters. The van der Waals surface area contributed by atoms with Crippen molar-refractivity contribution >= 4 is 11.6 Å². The van der Waals surface area contributed by atoms with Crippen molar-refractivity contribution in [3.8, 4) is 0 Å². The molecule has 6 nitrogen and oxygen atoms in total. The number of hydrogen-bond acceptors (Lipinski definition) is 4. The van der Waals surface area contributed by atoms with Gasteiger partial charge in [-0.15, -0.1) is 10.2 Å². The molecule has 1 aromatic heterocycles. The number of carbonyl (C=O) groups excluding carboxylic acids is 1. The first-order valence-corrected chi connectivity index (χ1v) is 9.28. The van der Waals surface area contributed by atoms with Crippen LogP contribution >= 0.6 is 0 Å². The van der Waals surface area contributed by atoms with E-state index in [1.54, 1.807) is 0 Å². The number of nitrogens with one attached hydrogen (secondary N) is 1. The van der Waals surface area contributed by atoms with Gasteiger partial charge in [0.25, 0.3) is 0 Å². The largest absolute Gasteiger partial charge is 0.314 e. The zero-order chi connectivity index (χ0) is 17.2. The van der Waals surface area contributed by atoms with Gasteiger partial charge in [-0.2, -0.15) is 0 Å². The second-order valence-corrected chi connectivity index (χ2v) is 6.99. The van der Waals surface area contributed by atoms with Crippen molar-refractivity contribution < 1.29 is 4.79 Å². The number of benzene rings is 1. The number of rotatable bonds is 4. The van der Waals surface area contributed by atoms with Crippen molar-refractivity contribution in [1.29, 1.82) is 0 Å². The van der Waals surface area contributed by atoms with Crippen molar-refractivity contribution in [3.05, 3.63) is 42.0 Å². The molecule has 2 atom stereocenters. The Kier molecular flexibility index (Phi) is 4.53. The van der Waals surface area contributed by atoms with Crippen LogP contribution in [0.1, 0.15) is 50.3 Å². The van der Waals surface area contributed by atoms with E-state index in [4.69, 9.17) is 0 Å². The minimum absolute atomic E-state index is 0.0176. The molecule has 1 fully saturated rings. The highest BCUT2D eigenvalue weighted by atomic mass is 16.2. The van der Waals surface area contributed by atoms with Gasteiger partial charge >= 0.3 is 0 Å². The van der Waals surface area contributed by atoms with Crippen molar-refractivity contribution in [3.63, 3.8) is 0 Å². The molecule has 1 amide bonds. The van der Waals surface area contributed by atoms with E-state index in [1.165, 1.54) is 12.8 Å². The van der Waals surface area contributed by atoms with Crippen LogP contribution in [0.4, 0.5) is 5.69 Å². The number of nitrogens with zero attached hydrogens (tertiary/aromatic N) is 4. The van der Waals surface area contributed by atoms with Crippen LogP contribution in [0.15, 0.2) is 30.3 Å². The summed E-state index contributed by atoms with van der Waals surface area (Å²) >= 11 is 0. The Balaban J connectivity index is 1.48. The maximum Gasteiger partial charge on any atom is 0.244 e. The van der Waals surface area contributed by atoms with Gasteiger partial charge in [-0.25, -0.2) is 0 Å². The lowest BCUT2D eigenvalue weighted by Gasteiger charge is -2.34. The average molecular weight is 339 g/mol. The Morgan fingerprint density at radius 2 is 1.96 bits per heavy atom. The molecule has 132 valence electrons. The van der Waals surface area contributed by atoms with Gasteiger partial charge < -0.3 is 9.47 Å². The Bertz CT molecular complexity index is 742. The van der Waals surface area contributed by atoms with Gasteiger partial charge in [0, 0.05) is 25.2 Å². The molecule has 0 spiro atoms. The maximum absolute atomic E-state index is 12.9. The number of aromatic nitrogens is 3. The fraction of sp³-hybridized carbons (Fsp3) is 0.526. The Morgan fingerprint density at radius 3 is 2.80 bits per heavy atom. The number of amides is 1. The van der Waals surface area contributed by atoms with Gasteiger partial charge in [-0.05, 0) is 44.7 Å². The van der Waals surface area contributed by atoms with Crippen LogP contribution in [0.25, 0.3) is 0 Å².